The van der Waals surface area contributed by atoms with Gasteiger partial charge in [-0.25, -0.2) is 0 Å². The molecule has 0 aromatic heterocycles. The fraction of sp³-hybridized carbons (Fsp3) is 0.632. The Balaban J connectivity index is 0.00000312. The van der Waals surface area contributed by atoms with E-state index < -0.39 is 0 Å². The minimum Gasteiger partial charge on any atom is -0.497 e. The second kappa shape index (κ2) is 9.88. The SMILES string of the molecule is COc1ccc(OC(C)C)c(NC(=O)CC2(CN)CCCCC2)c1.Cl. The molecule has 0 bridgehead atoms. The lowest BCUT2D eigenvalue weighted by atomic mass is 9.71. The highest BCUT2D eigenvalue weighted by atomic mass is 35.5. The number of methoxy groups -OCH3 is 1. The van der Waals surface area contributed by atoms with Crippen molar-refractivity contribution < 1.29 is 14.3 Å². The van der Waals surface area contributed by atoms with E-state index in [0.717, 1.165) is 25.7 Å². The second-order valence-electron chi connectivity index (χ2n) is 7.02. The highest BCUT2D eigenvalue weighted by molar-refractivity contribution is 5.93. The molecule has 0 aliphatic heterocycles. The van der Waals surface area contributed by atoms with E-state index in [-0.39, 0.29) is 29.8 Å². The third-order valence-electron chi connectivity index (χ3n) is 4.71. The third-order valence-corrected chi connectivity index (χ3v) is 4.71. The molecular weight excluding hydrogens is 340 g/mol. The number of nitrogens with one attached hydrogen (secondary N) is 1. The van der Waals surface area contributed by atoms with Gasteiger partial charge >= 0.3 is 0 Å². The van der Waals surface area contributed by atoms with Crippen LogP contribution >= 0.6 is 12.4 Å². The van der Waals surface area contributed by atoms with Crippen LogP contribution in [0.1, 0.15) is 52.4 Å². The van der Waals surface area contributed by atoms with Crippen LogP contribution in [0.25, 0.3) is 0 Å². The number of hydrogen-bond acceptors (Lipinski definition) is 4. The first-order valence-electron chi connectivity index (χ1n) is 8.83. The molecule has 5 nitrogen and oxygen atoms in total. The minimum absolute atomic E-state index is 0. The summed E-state index contributed by atoms with van der Waals surface area (Å²) in [7, 11) is 1.61. The molecule has 0 atom stereocenters. The van der Waals surface area contributed by atoms with Gasteiger partial charge in [0.05, 0.1) is 18.9 Å². The quantitative estimate of drug-likeness (QED) is 0.756. The first-order valence-corrected chi connectivity index (χ1v) is 8.83. The topological polar surface area (TPSA) is 73.6 Å². The Bertz CT molecular complexity index is 558. The van der Waals surface area contributed by atoms with E-state index in [1.54, 1.807) is 13.2 Å². The molecule has 1 amide bonds. The van der Waals surface area contributed by atoms with Crippen LogP contribution in [0.3, 0.4) is 0 Å². The number of hydrogen-bond donors (Lipinski definition) is 2. The number of anilines is 1. The number of benzene rings is 1. The average molecular weight is 371 g/mol. The number of carbonyl (C=O) groups excluding carboxylic acids is 1. The van der Waals surface area contributed by atoms with E-state index >= 15 is 0 Å². The second-order valence-corrected chi connectivity index (χ2v) is 7.02. The summed E-state index contributed by atoms with van der Waals surface area (Å²) in [6.07, 6.45) is 6.11. The molecule has 0 saturated heterocycles. The zero-order valence-corrected chi connectivity index (χ0v) is 16.3. The maximum Gasteiger partial charge on any atom is 0.225 e. The van der Waals surface area contributed by atoms with Crippen LogP contribution in [0, 0.1) is 5.41 Å². The van der Waals surface area contributed by atoms with Crippen molar-refractivity contribution in [1.82, 2.24) is 0 Å². The van der Waals surface area contributed by atoms with Crippen molar-refractivity contribution in [3.63, 3.8) is 0 Å². The number of amides is 1. The predicted molar refractivity (Wildman–Crippen MR) is 104 cm³/mol. The highest BCUT2D eigenvalue weighted by Gasteiger charge is 2.33. The lowest BCUT2D eigenvalue weighted by Crippen LogP contribution is -2.36. The van der Waals surface area contributed by atoms with Crippen LogP contribution in [-0.2, 0) is 4.79 Å². The van der Waals surface area contributed by atoms with E-state index in [1.165, 1.54) is 6.42 Å². The van der Waals surface area contributed by atoms with Crippen molar-refractivity contribution in [2.75, 3.05) is 19.0 Å². The van der Waals surface area contributed by atoms with E-state index in [1.807, 2.05) is 26.0 Å². The Hall–Kier alpha value is -1.46. The van der Waals surface area contributed by atoms with Gasteiger partial charge in [-0.05, 0) is 50.8 Å². The summed E-state index contributed by atoms with van der Waals surface area (Å²) in [5.41, 5.74) is 6.59. The summed E-state index contributed by atoms with van der Waals surface area (Å²) in [5, 5.41) is 3.00. The number of nitrogens with two attached hydrogens (primary N) is 1. The molecule has 1 saturated carbocycles. The maximum absolute atomic E-state index is 12.6. The van der Waals surface area contributed by atoms with E-state index in [2.05, 4.69) is 5.32 Å². The molecule has 0 unspecified atom stereocenters. The van der Waals surface area contributed by atoms with Crippen molar-refractivity contribution in [2.24, 2.45) is 11.1 Å². The molecule has 1 aliphatic rings. The van der Waals surface area contributed by atoms with Gasteiger partial charge in [0.2, 0.25) is 5.91 Å². The average Bonchev–Trinajstić information content (AvgIpc) is 2.56. The number of rotatable bonds is 7. The van der Waals surface area contributed by atoms with Gasteiger partial charge in [-0.1, -0.05) is 19.3 Å². The standard InChI is InChI=1S/C19H30N2O3.ClH/c1-14(2)24-17-8-7-15(23-3)11-16(17)21-18(22)12-19(13-20)9-5-4-6-10-19;/h7-8,11,14H,4-6,9-10,12-13,20H2,1-3H3,(H,21,22);1H. The fourth-order valence-corrected chi connectivity index (χ4v) is 3.38. The van der Waals surface area contributed by atoms with Crippen LogP contribution in [0.15, 0.2) is 18.2 Å². The molecule has 1 aromatic carbocycles. The van der Waals surface area contributed by atoms with Crippen molar-refractivity contribution in [1.29, 1.82) is 0 Å². The summed E-state index contributed by atoms with van der Waals surface area (Å²) >= 11 is 0. The molecule has 142 valence electrons. The highest BCUT2D eigenvalue weighted by Crippen LogP contribution is 2.39. The van der Waals surface area contributed by atoms with E-state index in [9.17, 15) is 4.79 Å². The Morgan fingerprint density at radius 3 is 2.52 bits per heavy atom. The molecule has 6 heteroatoms. The van der Waals surface area contributed by atoms with Gasteiger partial charge < -0.3 is 20.5 Å². The van der Waals surface area contributed by atoms with Crippen molar-refractivity contribution in [2.45, 2.75) is 58.5 Å². The molecule has 1 aliphatic carbocycles. The summed E-state index contributed by atoms with van der Waals surface area (Å²) in [5.74, 6) is 1.33. The zero-order valence-electron chi connectivity index (χ0n) is 15.5. The van der Waals surface area contributed by atoms with Gasteiger partial charge in [-0.2, -0.15) is 0 Å². The molecule has 1 fully saturated rings. The summed E-state index contributed by atoms with van der Waals surface area (Å²) in [4.78, 5) is 12.6. The molecule has 2 rings (SSSR count). The van der Waals surface area contributed by atoms with Crippen LogP contribution in [0.2, 0.25) is 0 Å². The first-order chi connectivity index (χ1) is 11.5. The molecule has 0 heterocycles. The molecular formula is C19H31ClN2O3. The predicted octanol–water partition coefficient (Wildman–Crippen LogP) is 4.14. The smallest absolute Gasteiger partial charge is 0.225 e. The van der Waals surface area contributed by atoms with Gasteiger partial charge in [0.25, 0.3) is 0 Å². The van der Waals surface area contributed by atoms with Crippen molar-refractivity contribution in [3.05, 3.63) is 18.2 Å². The zero-order chi connectivity index (χ0) is 17.6. The Labute approximate surface area is 157 Å². The first kappa shape index (κ1) is 21.6. The number of ether oxygens (including phenoxy) is 2. The molecule has 25 heavy (non-hydrogen) atoms. The normalized spacial score (nSPS) is 16.0. The van der Waals surface area contributed by atoms with Crippen LogP contribution in [0.5, 0.6) is 11.5 Å². The third kappa shape index (κ3) is 6.08. The van der Waals surface area contributed by atoms with Gasteiger partial charge in [-0.3, -0.25) is 4.79 Å². The monoisotopic (exact) mass is 370 g/mol. The lowest BCUT2D eigenvalue weighted by molar-refractivity contribution is -0.118. The molecule has 1 aromatic rings. The van der Waals surface area contributed by atoms with E-state index in [4.69, 9.17) is 15.2 Å². The lowest BCUT2D eigenvalue weighted by Gasteiger charge is -2.35. The summed E-state index contributed by atoms with van der Waals surface area (Å²) in [6, 6.07) is 5.45. The molecule has 3 N–H and O–H groups in total. The van der Waals surface area contributed by atoms with Crippen LogP contribution in [-0.4, -0.2) is 25.7 Å². The largest absolute Gasteiger partial charge is 0.497 e. The van der Waals surface area contributed by atoms with Crippen LogP contribution < -0.4 is 20.5 Å². The van der Waals surface area contributed by atoms with Gasteiger partial charge in [0, 0.05) is 12.5 Å². The number of carbonyl (C=O) groups is 1. The molecule has 0 spiro atoms. The number of halogens is 1. The fourth-order valence-electron chi connectivity index (χ4n) is 3.38. The molecule has 0 radical (unpaired) electrons. The van der Waals surface area contributed by atoms with Crippen molar-refractivity contribution in [3.8, 4) is 11.5 Å². The Morgan fingerprint density at radius 1 is 1.28 bits per heavy atom. The van der Waals surface area contributed by atoms with Crippen LogP contribution in [0.4, 0.5) is 5.69 Å². The van der Waals surface area contributed by atoms with E-state index in [0.29, 0.717) is 30.2 Å². The Morgan fingerprint density at radius 2 is 1.96 bits per heavy atom. The van der Waals surface area contributed by atoms with Gasteiger partial charge in [0.1, 0.15) is 11.5 Å². The maximum atomic E-state index is 12.6. The Kier molecular flexibility index (Phi) is 8.53. The van der Waals surface area contributed by atoms with Gasteiger partial charge in [-0.15, -0.1) is 12.4 Å². The van der Waals surface area contributed by atoms with Crippen molar-refractivity contribution >= 4 is 24.0 Å². The van der Waals surface area contributed by atoms with Gasteiger partial charge in [0.15, 0.2) is 0 Å². The summed E-state index contributed by atoms with van der Waals surface area (Å²) < 4.78 is 11.1. The minimum atomic E-state index is -0.0553. The summed E-state index contributed by atoms with van der Waals surface area (Å²) in [6.45, 7) is 4.48.